The van der Waals surface area contributed by atoms with Gasteiger partial charge in [0.05, 0.1) is 0 Å². The van der Waals surface area contributed by atoms with E-state index in [9.17, 15) is 9.18 Å². The third kappa shape index (κ3) is 3.23. The second kappa shape index (κ2) is 5.71. The number of fused-ring (bicyclic) bond motifs is 1. The van der Waals surface area contributed by atoms with Crippen LogP contribution in [-0.4, -0.2) is 5.91 Å². The Balaban J connectivity index is 1.74. The van der Waals surface area contributed by atoms with Gasteiger partial charge in [-0.05, 0) is 29.7 Å². The summed E-state index contributed by atoms with van der Waals surface area (Å²) in [4.78, 5) is 12.0. The van der Waals surface area contributed by atoms with Crippen molar-refractivity contribution in [2.75, 3.05) is 5.32 Å². The number of rotatable bonds is 3. The molecule has 21 heavy (non-hydrogen) atoms. The number of carbonyl (C=O) groups is 1. The number of nitrogens with one attached hydrogen (secondary N) is 1. The van der Waals surface area contributed by atoms with Gasteiger partial charge in [-0.15, -0.1) is 0 Å². The summed E-state index contributed by atoms with van der Waals surface area (Å²) >= 11 is 0. The van der Waals surface area contributed by atoms with Crippen molar-refractivity contribution in [3.8, 4) is 0 Å². The van der Waals surface area contributed by atoms with E-state index in [0.717, 1.165) is 10.8 Å². The van der Waals surface area contributed by atoms with Crippen LogP contribution in [0.5, 0.6) is 0 Å². The first-order valence-electron chi connectivity index (χ1n) is 6.64. The highest BCUT2D eigenvalue weighted by atomic mass is 19.1. The Hall–Kier alpha value is -2.75. The van der Waals surface area contributed by atoms with Gasteiger partial charge >= 0.3 is 0 Å². The molecule has 3 rings (SSSR count). The lowest BCUT2D eigenvalue weighted by Crippen LogP contribution is -2.39. The Morgan fingerprint density at radius 1 is 1.05 bits per heavy atom. The van der Waals surface area contributed by atoms with Gasteiger partial charge in [0.15, 0.2) is 12.4 Å². The maximum absolute atomic E-state index is 13.1. The number of anilines is 1. The fourth-order valence-electron chi connectivity index (χ4n) is 2.21. The number of benzene rings is 2. The molecule has 1 N–H and O–H groups in total. The molecule has 0 spiro atoms. The molecule has 0 bridgehead atoms. The summed E-state index contributed by atoms with van der Waals surface area (Å²) < 4.78 is 14.9. The van der Waals surface area contributed by atoms with Crippen molar-refractivity contribution in [2.24, 2.45) is 0 Å². The second-order valence-electron chi connectivity index (χ2n) is 4.80. The normalized spacial score (nSPS) is 10.5. The molecule has 1 heterocycles. The number of aromatic nitrogens is 1. The third-order valence-electron chi connectivity index (χ3n) is 3.18. The SMILES string of the molecule is O=C(C[n+]1ccc2ccccc2c1)Nc1cccc(F)c1. The highest BCUT2D eigenvalue weighted by Crippen LogP contribution is 2.10. The van der Waals surface area contributed by atoms with Crippen molar-refractivity contribution < 1.29 is 13.8 Å². The first-order valence-corrected chi connectivity index (χ1v) is 6.64. The predicted octanol–water partition coefficient (Wildman–Crippen LogP) is 2.91. The minimum Gasteiger partial charge on any atom is -0.320 e. The van der Waals surface area contributed by atoms with Crippen molar-refractivity contribution in [2.45, 2.75) is 6.54 Å². The Bertz CT molecular complexity index is 801. The zero-order valence-electron chi connectivity index (χ0n) is 11.3. The molecule has 4 heteroatoms. The first-order chi connectivity index (χ1) is 10.2. The molecule has 1 amide bonds. The molecule has 0 aliphatic heterocycles. The van der Waals surface area contributed by atoms with Gasteiger partial charge in [0, 0.05) is 17.1 Å². The Morgan fingerprint density at radius 2 is 1.86 bits per heavy atom. The maximum atomic E-state index is 13.1. The molecule has 104 valence electrons. The van der Waals surface area contributed by atoms with Crippen LogP contribution >= 0.6 is 0 Å². The van der Waals surface area contributed by atoms with E-state index in [-0.39, 0.29) is 18.3 Å². The lowest BCUT2D eigenvalue weighted by molar-refractivity contribution is -0.682. The molecule has 3 nitrogen and oxygen atoms in total. The number of pyridine rings is 1. The summed E-state index contributed by atoms with van der Waals surface area (Å²) in [5.74, 6) is -0.563. The number of halogens is 1. The molecular formula is C17H14FN2O+. The highest BCUT2D eigenvalue weighted by molar-refractivity contribution is 5.89. The Labute approximate surface area is 121 Å². The molecule has 0 aliphatic rings. The lowest BCUT2D eigenvalue weighted by Gasteiger charge is -2.03. The zero-order chi connectivity index (χ0) is 14.7. The van der Waals surface area contributed by atoms with E-state index in [0.29, 0.717) is 5.69 Å². The van der Waals surface area contributed by atoms with Gasteiger partial charge in [0.25, 0.3) is 5.91 Å². The molecule has 0 saturated heterocycles. The van der Waals surface area contributed by atoms with E-state index in [1.54, 1.807) is 16.7 Å². The molecule has 2 aromatic carbocycles. The van der Waals surface area contributed by atoms with Crippen LogP contribution < -0.4 is 9.88 Å². The van der Waals surface area contributed by atoms with Crippen molar-refractivity contribution in [3.05, 3.63) is 72.8 Å². The van der Waals surface area contributed by atoms with Crippen LogP contribution in [0.15, 0.2) is 67.0 Å². The highest BCUT2D eigenvalue weighted by Gasteiger charge is 2.10. The third-order valence-corrected chi connectivity index (χ3v) is 3.18. The van der Waals surface area contributed by atoms with Crippen molar-refractivity contribution in [1.29, 1.82) is 0 Å². The molecule has 0 radical (unpaired) electrons. The number of hydrogen-bond donors (Lipinski definition) is 1. The Kier molecular flexibility index (Phi) is 3.60. The van der Waals surface area contributed by atoms with Crippen LogP contribution in [-0.2, 0) is 11.3 Å². The van der Waals surface area contributed by atoms with Crippen LogP contribution in [0.3, 0.4) is 0 Å². The van der Waals surface area contributed by atoms with Crippen LogP contribution in [0.4, 0.5) is 10.1 Å². The van der Waals surface area contributed by atoms with E-state index in [2.05, 4.69) is 5.32 Å². The molecular weight excluding hydrogens is 267 g/mol. The van der Waals surface area contributed by atoms with Crippen molar-refractivity contribution in [3.63, 3.8) is 0 Å². The fraction of sp³-hybridized carbons (Fsp3) is 0.0588. The summed E-state index contributed by atoms with van der Waals surface area (Å²) in [6.45, 7) is 0.182. The van der Waals surface area contributed by atoms with E-state index in [1.165, 1.54) is 12.1 Å². The van der Waals surface area contributed by atoms with E-state index < -0.39 is 0 Å². The van der Waals surface area contributed by atoms with Gasteiger partial charge in [-0.1, -0.05) is 24.3 Å². The minimum atomic E-state index is -0.369. The zero-order valence-corrected chi connectivity index (χ0v) is 11.3. The molecule has 0 aliphatic carbocycles. The van der Waals surface area contributed by atoms with Crippen molar-refractivity contribution in [1.82, 2.24) is 0 Å². The first kappa shape index (κ1) is 13.2. The number of hydrogen-bond acceptors (Lipinski definition) is 1. The van der Waals surface area contributed by atoms with E-state index >= 15 is 0 Å². The molecule has 0 atom stereocenters. The average Bonchev–Trinajstić information content (AvgIpc) is 2.47. The lowest BCUT2D eigenvalue weighted by atomic mass is 10.2. The summed E-state index contributed by atoms with van der Waals surface area (Å²) in [5.41, 5.74) is 0.460. The summed E-state index contributed by atoms with van der Waals surface area (Å²) in [7, 11) is 0. The van der Waals surface area contributed by atoms with Crippen LogP contribution in [0.1, 0.15) is 0 Å². The largest absolute Gasteiger partial charge is 0.320 e. The van der Waals surface area contributed by atoms with E-state index in [1.807, 2.05) is 42.7 Å². The predicted molar refractivity (Wildman–Crippen MR) is 79.2 cm³/mol. The van der Waals surface area contributed by atoms with Crippen LogP contribution in [0.25, 0.3) is 10.8 Å². The number of nitrogens with zero attached hydrogens (tertiary/aromatic N) is 1. The monoisotopic (exact) mass is 281 g/mol. The fourth-order valence-corrected chi connectivity index (χ4v) is 2.21. The summed E-state index contributed by atoms with van der Waals surface area (Å²) in [6, 6.07) is 15.8. The molecule has 3 aromatic rings. The number of amides is 1. The maximum Gasteiger partial charge on any atom is 0.290 e. The second-order valence-corrected chi connectivity index (χ2v) is 4.80. The van der Waals surface area contributed by atoms with Crippen LogP contribution in [0.2, 0.25) is 0 Å². The molecule has 0 saturated carbocycles. The Morgan fingerprint density at radius 3 is 2.67 bits per heavy atom. The molecule has 0 fully saturated rings. The quantitative estimate of drug-likeness (QED) is 0.736. The summed E-state index contributed by atoms with van der Waals surface area (Å²) in [5, 5.41) is 4.87. The topological polar surface area (TPSA) is 33.0 Å². The van der Waals surface area contributed by atoms with Gasteiger partial charge in [-0.2, -0.15) is 4.57 Å². The van der Waals surface area contributed by atoms with E-state index in [4.69, 9.17) is 0 Å². The minimum absolute atomic E-state index is 0.182. The number of carbonyl (C=O) groups excluding carboxylic acids is 1. The molecule has 0 unspecified atom stereocenters. The van der Waals surface area contributed by atoms with Gasteiger partial charge in [0.2, 0.25) is 6.54 Å². The van der Waals surface area contributed by atoms with Gasteiger partial charge in [-0.25, -0.2) is 4.39 Å². The molecule has 1 aromatic heterocycles. The van der Waals surface area contributed by atoms with Gasteiger partial charge < -0.3 is 5.32 Å². The van der Waals surface area contributed by atoms with Gasteiger partial charge in [0.1, 0.15) is 5.82 Å². The average molecular weight is 281 g/mol. The van der Waals surface area contributed by atoms with Gasteiger partial charge in [-0.3, -0.25) is 4.79 Å². The van der Waals surface area contributed by atoms with Crippen LogP contribution in [0, 0.1) is 5.82 Å². The standard InChI is InChI=1S/C17H13FN2O/c18-15-6-3-7-16(10-15)19-17(21)12-20-9-8-13-4-1-2-5-14(13)11-20/h1-11H,12H2/p+1. The van der Waals surface area contributed by atoms with Crippen molar-refractivity contribution >= 4 is 22.4 Å². The smallest absolute Gasteiger partial charge is 0.290 e. The summed E-state index contributed by atoms with van der Waals surface area (Å²) in [6.07, 6.45) is 3.77.